The van der Waals surface area contributed by atoms with Crippen molar-refractivity contribution < 1.29 is 19.4 Å². The van der Waals surface area contributed by atoms with Gasteiger partial charge in [0.1, 0.15) is 0 Å². The highest BCUT2D eigenvalue weighted by Gasteiger charge is 2.25. The van der Waals surface area contributed by atoms with E-state index in [1.807, 2.05) is 32.0 Å². The average Bonchev–Trinajstić information content (AvgIpc) is 2.44. The molecule has 4 nitrogen and oxygen atoms in total. The van der Waals surface area contributed by atoms with Gasteiger partial charge in [0.25, 0.3) is 0 Å². The van der Waals surface area contributed by atoms with Crippen LogP contribution in [-0.4, -0.2) is 23.7 Å². The summed E-state index contributed by atoms with van der Waals surface area (Å²) in [5.74, 6) is -2.18. The molecule has 21 heavy (non-hydrogen) atoms. The van der Waals surface area contributed by atoms with Crippen LogP contribution in [0.3, 0.4) is 0 Å². The van der Waals surface area contributed by atoms with Gasteiger partial charge >= 0.3 is 11.9 Å². The first-order chi connectivity index (χ1) is 9.99. The smallest absolute Gasteiger partial charge is 0.314 e. The Kier molecular flexibility index (Phi) is 6.92. The van der Waals surface area contributed by atoms with Crippen LogP contribution in [-0.2, 0) is 20.7 Å². The highest BCUT2D eigenvalue weighted by atomic mass is 16.5. The second-order valence-electron chi connectivity index (χ2n) is 5.21. The number of benzene rings is 1. The number of unbranched alkanes of at least 4 members (excludes halogenated alkanes) is 1. The van der Waals surface area contributed by atoms with Crippen LogP contribution in [0.25, 0.3) is 0 Å². The summed E-state index contributed by atoms with van der Waals surface area (Å²) in [6, 6.07) is 5.69. The molecule has 0 bridgehead atoms. The highest BCUT2D eigenvalue weighted by molar-refractivity contribution is 5.83. The summed E-state index contributed by atoms with van der Waals surface area (Å²) < 4.78 is 5.19. The number of rotatable bonds is 8. The van der Waals surface area contributed by atoms with Gasteiger partial charge in [0, 0.05) is 0 Å². The third-order valence-corrected chi connectivity index (χ3v) is 3.56. The predicted molar refractivity (Wildman–Crippen MR) is 81.4 cm³/mol. The van der Waals surface area contributed by atoms with E-state index in [9.17, 15) is 9.59 Å². The molecule has 1 aromatic carbocycles. The van der Waals surface area contributed by atoms with Gasteiger partial charge < -0.3 is 9.84 Å². The van der Waals surface area contributed by atoms with Crippen molar-refractivity contribution >= 4 is 11.9 Å². The first-order valence-corrected chi connectivity index (χ1v) is 7.47. The molecule has 0 fully saturated rings. The van der Waals surface area contributed by atoms with Gasteiger partial charge in [-0.1, -0.05) is 38.5 Å². The van der Waals surface area contributed by atoms with Crippen molar-refractivity contribution in [2.45, 2.75) is 52.4 Å². The van der Waals surface area contributed by atoms with Crippen LogP contribution in [0.5, 0.6) is 0 Å². The summed E-state index contributed by atoms with van der Waals surface area (Å²) in [5.41, 5.74) is 2.99. The standard InChI is InChI=1S/C17H24O4/c1-4-6-9-21-17(20)15(11-16(18)19)14-8-7-13(5-2)12(3)10-14/h7-8,10,15H,4-6,9,11H2,1-3H3,(H,18,19). The number of carboxylic acid groups (broad SMARTS) is 1. The molecule has 1 unspecified atom stereocenters. The Hall–Kier alpha value is -1.84. The molecule has 0 aromatic heterocycles. The second-order valence-corrected chi connectivity index (χ2v) is 5.21. The number of hydrogen-bond donors (Lipinski definition) is 1. The number of esters is 1. The number of hydrogen-bond acceptors (Lipinski definition) is 3. The minimum absolute atomic E-state index is 0.240. The Balaban J connectivity index is 2.93. The molecule has 1 rings (SSSR count). The van der Waals surface area contributed by atoms with Gasteiger partial charge in [-0.05, 0) is 36.5 Å². The van der Waals surface area contributed by atoms with Crippen LogP contribution in [0, 0.1) is 6.92 Å². The Morgan fingerprint density at radius 1 is 1.29 bits per heavy atom. The van der Waals surface area contributed by atoms with Gasteiger partial charge in [-0.15, -0.1) is 0 Å². The summed E-state index contributed by atoms with van der Waals surface area (Å²) in [5, 5.41) is 9.03. The van der Waals surface area contributed by atoms with E-state index in [0.29, 0.717) is 12.2 Å². The number of carboxylic acids is 1. The van der Waals surface area contributed by atoms with Crippen LogP contribution in [0.2, 0.25) is 0 Å². The molecule has 0 spiro atoms. The highest BCUT2D eigenvalue weighted by Crippen LogP contribution is 2.24. The monoisotopic (exact) mass is 292 g/mol. The van der Waals surface area contributed by atoms with Crippen molar-refractivity contribution in [2.24, 2.45) is 0 Å². The van der Waals surface area contributed by atoms with Gasteiger partial charge in [0.05, 0.1) is 18.9 Å². The van der Waals surface area contributed by atoms with Crippen molar-refractivity contribution in [3.63, 3.8) is 0 Å². The molecule has 0 aliphatic carbocycles. The van der Waals surface area contributed by atoms with Crippen LogP contribution < -0.4 is 0 Å². The van der Waals surface area contributed by atoms with Crippen molar-refractivity contribution in [1.82, 2.24) is 0 Å². The second kappa shape index (κ2) is 8.45. The summed E-state index contributed by atoms with van der Waals surface area (Å²) in [6.07, 6.45) is 2.40. The fraction of sp³-hybridized carbons (Fsp3) is 0.529. The van der Waals surface area contributed by atoms with Gasteiger partial charge in [0.15, 0.2) is 0 Å². The van der Waals surface area contributed by atoms with Crippen molar-refractivity contribution in [1.29, 1.82) is 0 Å². The quantitative estimate of drug-likeness (QED) is 0.588. The van der Waals surface area contributed by atoms with Crippen LogP contribution in [0.4, 0.5) is 0 Å². The molecule has 0 aliphatic rings. The molecule has 0 saturated heterocycles. The van der Waals surface area contributed by atoms with E-state index in [4.69, 9.17) is 9.84 Å². The average molecular weight is 292 g/mol. The fourth-order valence-corrected chi connectivity index (χ4v) is 2.26. The van der Waals surface area contributed by atoms with Crippen molar-refractivity contribution in [3.8, 4) is 0 Å². The molecular formula is C17H24O4. The normalized spacial score (nSPS) is 12.0. The lowest BCUT2D eigenvalue weighted by atomic mass is 9.92. The predicted octanol–water partition coefficient (Wildman–Crippen LogP) is 3.46. The lowest BCUT2D eigenvalue weighted by molar-refractivity contribution is -0.149. The van der Waals surface area contributed by atoms with Crippen molar-refractivity contribution in [3.05, 3.63) is 34.9 Å². The first kappa shape index (κ1) is 17.2. The molecule has 116 valence electrons. The maximum Gasteiger partial charge on any atom is 0.314 e. The number of ether oxygens (including phenoxy) is 1. The van der Waals surface area contributed by atoms with E-state index in [1.165, 1.54) is 5.56 Å². The molecule has 0 heterocycles. The Bertz CT molecular complexity index is 494. The summed E-state index contributed by atoms with van der Waals surface area (Å²) in [4.78, 5) is 23.2. The first-order valence-electron chi connectivity index (χ1n) is 7.47. The summed E-state index contributed by atoms with van der Waals surface area (Å²) >= 11 is 0. The minimum atomic E-state index is -0.996. The third kappa shape index (κ3) is 5.21. The molecule has 1 aromatic rings. The zero-order chi connectivity index (χ0) is 15.8. The SMILES string of the molecule is CCCCOC(=O)C(CC(=O)O)c1ccc(CC)c(C)c1. The van der Waals surface area contributed by atoms with Crippen LogP contribution in [0.1, 0.15) is 55.7 Å². The van der Waals surface area contributed by atoms with E-state index in [2.05, 4.69) is 6.92 Å². The molecule has 4 heteroatoms. The topological polar surface area (TPSA) is 63.6 Å². The van der Waals surface area contributed by atoms with E-state index in [1.54, 1.807) is 0 Å². The number of carbonyl (C=O) groups excluding carboxylic acids is 1. The minimum Gasteiger partial charge on any atom is -0.481 e. The zero-order valence-electron chi connectivity index (χ0n) is 13.0. The Labute approximate surface area is 126 Å². The lowest BCUT2D eigenvalue weighted by Crippen LogP contribution is -2.20. The zero-order valence-corrected chi connectivity index (χ0v) is 13.0. The van der Waals surface area contributed by atoms with E-state index < -0.39 is 17.9 Å². The number of carbonyl (C=O) groups is 2. The molecule has 0 aliphatic heterocycles. The van der Waals surface area contributed by atoms with E-state index >= 15 is 0 Å². The van der Waals surface area contributed by atoms with Gasteiger partial charge in [0.2, 0.25) is 0 Å². The lowest BCUT2D eigenvalue weighted by Gasteiger charge is -2.16. The molecule has 1 N–H and O–H groups in total. The largest absolute Gasteiger partial charge is 0.481 e. The maximum absolute atomic E-state index is 12.1. The summed E-state index contributed by atoms with van der Waals surface area (Å²) in [6.45, 7) is 6.39. The van der Waals surface area contributed by atoms with E-state index in [-0.39, 0.29) is 6.42 Å². The summed E-state index contributed by atoms with van der Waals surface area (Å²) in [7, 11) is 0. The van der Waals surface area contributed by atoms with Gasteiger partial charge in [-0.2, -0.15) is 0 Å². The molecule has 1 atom stereocenters. The fourth-order valence-electron chi connectivity index (χ4n) is 2.26. The number of aliphatic carboxylic acids is 1. The third-order valence-electron chi connectivity index (χ3n) is 3.56. The molecule has 0 radical (unpaired) electrons. The van der Waals surface area contributed by atoms with Crippen LogP contribution in [0.15, 0.2) is 18.2 Å². The molecular weight excluding hydrogens is 268 g/mol. The Morgan fingerprint density at radius 2 is 2.00 bits per heavy atom. The van der Waals surface area contributed by atoms with Gasteiger partial charge in [-0.3, -0.25) is 9.59 Å². The van der Waals surface area contributed by atoms with Crippen molar-refractivity contribution in [2.75, 3.05) is 6.61 Å². The molecule has 0 amide bonds. The van der Waals surface area contributed by atoms with E-state index in [0.717, 1.165) is 24.8 Å². The Morgan fingerprint density at radius 3 is 2.52 bits per heavy atom. The number of aryl methyl sites for hydroxylation is 2. The maximum atomic E-state index is 12.1. The molecule has 0 saturated carbocycles. The van der Waals surface area contributed by atoms with Gasteiger partial charge in [-0.25, -0.2) is 0 Å². The van der Waals surface area contributed by atoms with Crippen LogP contribution >= 0.6 is 0 Å².